The van der Waals surface area contributed by atoms with E-state index in [1.54, 1.807) is 24.3 Å². The van der Waals surface area contributed by atoms with E-state index in [4.69, 9.17) is 4.74 Å². The molecule has 0 bridgehead atoms. The largest absolute Gasteiger partial charge is 0.457 e. The maximum Gasteiger partial charge on any atom is 0.240 e. The molecular formula is C23H24N2O3S. The van der Waals surface area contributed by atoms with Crippen LogP contribution in [0.3, 0.4) is 0 Å². The van der Waals surface area contributed by atoms with E-state index in [1.807, 2.05) is 36.4 Å². The standard InChI is InChI=1S/C23H24N2O3S/c26-29(27,22-13-11-21(12-14-22)28-20-8-2-1-3-9-20)24-16-6-17-25-18-15-19-7-4-5-10-23(19)25/h1-5,7-14,24H,6,15-18H2. The number of ether oxygens (including phenoxy) is 1. The Labute approximate surface area is 172 Å². The van der Waals surface area contributed by atoms with Crippen LogP contribution in [0.25, 0.3) is 0 Å². The molecule has 5 nitrogen and oxygen atoms in total. The van der Waals surface area contributed by atoms with Crippen molar-refractivity contribution in [2.24, 2.45) is 0 Å². The van der Waals surface area contributed by atoms with Crippen LogP contribution in [0.2, 0.25) is 0 Å². The van der Waals surface area contributed by atoms with E-state index in [2.05, 4.69) is 27.8 Å². The highest BCUT2D eigenvalue weighted by atomic mass is 32.2. The maximum absolute atomic E-state index is 12.5. The minimum atomic E-state index is -3.53. The van der Waals surface area contributed by atoms with Gasteiger partial charge in [0.15, 0.2) is 0 Å². The highest BCUT2D eigenvalue weighted by Crippen LogP contribution is 2.27. The number of nitrogens with zero attached hydrogens (tertiary/aromatic N) is 1. The molecule has 0 aliphatic carbocycles. The third-order valence-electron chi connectivity index (χ3n) is 4.99. The highest BCUT2D eigenvalue weighted by Gasteiger charge is 2.18. The Hall–Kier alpha value is -2.83. The van der Waals surface area contributed by atoms with Gasteiger partial charge in [-0.3, -0.25) is 0 Å². The van der Waals surface area contributed by atoms with Crippen LogP contribution in [0, 0.1) is 0 Å². The third kappa shape index (κ3) is 4.78. The molecule has 0 atom stereocenters. The lowest BCUT2D eigenvalue weighted by Crippen LogP contribution is -2.29. The molecule has 0 unspecified atom stereocenters. The van der Waals surface area contributed by atoms with Crippen molar-refractivity contribution in [3.8, 4) is 11.5 Å². The van der Waals surface area contributed by atoms with Gasteiger partial charge in [0.2, 0.25) is 10.0 Å². The molecule has 0 radical (unpaired) electrons. The smallest absolute Gasteiger partial charge is 0.240 e. The molecular weight excluding hydrogens is 384 g/mol. The summed E-state index contributed by atoms with van der Waals surface area (Å²) < 4.78 is 33.5. The van der Waals surface area contributed by atoms with E-state index >= 15 is 0 Å². The molecule has 0 aromatic heterocycles. The average molecular weight is 409 g/mol. The first-order valence-electron chi connectivity index (χ1n) is 9.77. The third-order valence-corrected chi connectivity index (χ3v) is 6.47. The Morgan fingerprint density at radius 3 is 2.34 bits per heavy atom. The van der Waals surface area contributed by atoms with Crippen molar-refractivity contribution >= 4 is 15.7 Å². The van der Waals surface area contributed by atoms with Gasteiger partial charge in [0.25, 0.3) is 0 Å². The van der Waals surface area contributed by atoms with Gasteiger partial charge in [0.1, 0.15) is 11.5 Å². The predicted molar refractivity (Wildman–Crippen MR) is 115 cm³/mol. The summed E-state index contributed by atoms with van der Waals surface area (Å²) >= 11 is 0. The van der Waals surface area contributed by atoms with Gasteiger partial charge in [-0.1, -0.05) is 36.4 Å². The fourth-order valence-electron chi connectivity index (χ4n) is 3.51. The van der Waals surface area contributed by atoms with Crippen LogP contribution in [0.5, 0.6) is 11.5 Å². The van der Waals surface area contributed by atoms with Gasteiger partial charge in [-0.25, -0.2) is 13.1 Å². The lowest BCUT2D eigenvalue weighted by atomic mass is 10.2. The predicted octanol–water partition coefficient (Wildman–Crippen LogP) is 4.21. The van der Waals surface area contributed by atoms with Crippen molar-refractivity contribution < 1.29 is 13.2 Å². The molecule has 1 aliphatic rings. The van der Waals surface area contributed by atoms with Crippen LogP contribution in [0.4, 0.5) is 5.69 Å². The van der Waals surface area contributed by atoms with Crippen molar-refractivity contribution in [3.63, 3.8) is 0 Å². The van der Waals surface area contributed by atoms with Crippen LogP contribution in [0.15, 0.2) is 83.8 Å². The minimum Gasteiger partial charge on any atom is -0.457 e. The zero-order chi connectivity index (χ0) is 20.1. The van der Waals surface area contributed by atoms with Crippen LogP contribution >= 0.6 is 0 Å². The van der Waals surface area contributed by atoms with Crippen LogP contribution in [-0.4, -0.2) is 28.1 Å². The molecule has 0 spiro atoms. The average Bonchev–Trinajstić information content (AvgIpc) is 3.16. The van der Waals surface area contributed by atoms with Crippen molar-refractivity contribution in [2.75, 3.05) is 24.5 Å². The second-order valence-corrected chi connectivity index (χ2v) is 8.77. The number of rotatable bonds is 8. The molecule has 1 heterocycles. The van der Waals surface area contributed by atoms with E-state index in [0.29, 0.717) is 18.0 Å². The molecule has 0 saturated heterocycles. The SMILES string of the molecule is O=S(=O)(NCCCN1CCc2ccccc21)c1ccc(Oc2ccccc2)cc1. The lowest BCUT2D eigenvalue weighted by Gasteiger charge is -2.19. The van der Waals surface area contributed by atoms with Gasteiger partial charge in [0, 0.05) is 25.3 Å². The molecule has 29 heavy (non-hydrogen) atoms. The van der Waals surface area contributed by atoms with E-state index in [0.717, 1.165) is 25.9 Å². The van der Waals surface area contributed by atoms with Crippen LogP contribution in [-0.2, 0) is 16.4 Å². The highest BCUT2D eigenvalue weighted by molar-refractivity contribution is 7.89. The summed E-state index contributed by atoms with van der Waals surface area (Å²) in [6, 6.07) is 24.3. The normalized spacial score (nSPS) is 13.3. The Morgan fingerprint density at radius 2 is 1.55 bits per heavy atom. The molecule has 0 amide bonds. The van der Waals surface area contributed by atoms with E-state index in [-0.39, 0.29) is 4.90 Å². The molecule has 3 aromatic rings. The van der Waals surface area contributed by atoms with E-state index < -0.39 is 10.0 Å². The quantitative estimate of drug-likeness (QED) is 0.567. The van der Waals surface area contributed by atoms with Gasteiger partial charge in [-0.05, 0) is 60.9 Å². The lowest BCUT2D eigenvalue weighted by molar-refractivity contribution is 0.482. The van der Waals surface area contributed by atoms with Crippen molar-refractivity contribution in [2.45, 2.75) is 17.7 Å². The molecule has 4 rings (SSSR count). The van der Waals surface area contributed by atoms with Crippen molar-refractivity contribution in [3.05, 3.63) is 84.4 Å². The number of fused-ring (bicyclic) bond motifs is 1. The second-order valence-electron chi connectivity index (χ2n) is 7.00. The molecule has 1 aliphatic heterocycles. The molecule has 3 aromatic carbocycles. The summed E-state index contributed by atoms with van der Waals surface area (Å²) in [5, 5.41) is 0. The second kappa shape index (κ2) is 8.68. The molecule has 150 valence electrons. The maximum atomic E-state index is 12.5. The summed E-state index contributed by atoms with van der Waals surface area (Å²) in [7, 11) is -3.53. The minimum absolute atomic E-state index is 0.240. The van der Waals surface area contributed by atoms with Gasteiger partial charge in [0.05, 0.1) is 4.90 Å². The van der Waals surface area contributed by atoms with Crippen LogP contribution in [0.1, 0.15) is 12.0 Å². The first-order chi connectivity index (χ1) is 14.1. The first kappa shape index (κ1) is 19.5. The monoisotopic (exact) mass is 408 g/mol. The fourth-order valence-corrected chi connectivity index (χ4v) is 4.58. The number of sulfonamides is 1. The van der Waals surface area contributed by atoms with Gasteiger partial charge >= 0.3 is 0 Å². The Bertz CT molecular complexity index is 1050. The Morgan fingerprint density at radius 1 is 0.862 bits per heavy atom. The van der Waals surface area contributed by atoms with Gasteiger partial charge in [-0.15, -0.1) is 0 Å². The number of para-hydroxylation sites is 2. The van der Waals surface area contributed by atoms with Crippen molar-refractivity contribution in [1.29, 1.82) is 0 Å². The summed E-state index contributed by atoms with van der Waals surface area (Å²) in [6.45, 7) is 2.24. The van der Waals surface area contributed by atoms with Gasteiger partial charge in [-0.2, -0.15) is 0 Å². The summed E-state index contributed by atoms with van der Waals surface area (Å²) in [5.74, 6) is 1.31. The summed E-state index contributed by atoms with van der Waals surface area (Å²) in [5.41, 5.74) is 2.63. The molecule has 1 N–H and O–H groups in total. The Balaban J connectivity index is 1.29. The van der Waals surface area contributed by atoms with E-state index in [1.165, 1.54) is 11.3 Å². The molecule has 6 heteroatoms. The number of benzene rings is 3. The summed E-state index contributed by atoms with van der Waals surface area (Å²) in [6.07, 6.45) is 1.81. The fraction of sp³-hybridized carbons (Fsp3) is 0.217. The first-order valence-corrected chi connectivity index (χ1v) is 11.3. The number of nitrogens with one attached hydrogen (secondary N) is 1. The molecule has 0 fully saturated rings. The topological polar surface area (TPSA) is 58.6 Å². The number of hydrogen-bond donors (Lipinski definition) is 1. The van der Waals surface area contributed by atoms with Crippen LogP contribution < -0.4 is 14.4 Å². The number of anilines is 1. The zero-order valence-electron chi connectivity index (χ0n) is 16.1. The van der Waals surface area contributed by atoms with Gasteiger partial charge < -0.3 is 9.64 Å². The Kier molecular flexibility index (Phi) is 5.83. The number of hydrogen-bond acceptors (Lipinski definition) is 4. The zero-order valence-corrected chi connectivity index (χ0v) is 16.9. The van der Waals surface area contributed by atoms with E-state index in [9.17, 15) is 8.42 Å². The summed E-state index contributed by atoms with van der Waals surface area (Å²) in [4.78, 5) is 2.56. The molecule has 0 saturated carbocycles. The van der Waals surface area contributed by atoms with Crippen molar-refractivity contribution in [1.82, 2.24) is 4.72 Å².